The number of carbonyl (C=O) groups excluding carboxylic acids is 4. The van der Waals surface area contributed by atoms with E-state index in [1.54, 1.807) is 6.92 Å². The van der Waals surface area contributed by atoms with Gasteiger partial charge in [0.1, 0.15) is 18.1 Å². The summed E-state index contributed by atoms with van der Waals surface area (Å²) in [5, 5.41) is 11.2. The van der Waals surface area contributed by atoms with Crippen LogP contribution in [0.15, 0.2) is 60.7 Å². The van der Waals surface area contributed by atoms with E-state index in [2.05, 4.69) is 21.3 Å². The monoisotopic (exact) mass is 566 g/mol. The molecule has 2 rings (SSSR count). The molecule has 2 aromatic rings. The van der Waals surface area contributed by atoms with Crippen LogP contribution in [0.2, 0.25) is 0 Å². The molecule has 0 radical (unpaired) electrons. The molecule has 4 atom stereocenters. The Kier molecular flexibility index (Phi) is 14.5. The number of nitrogens with two attached hydrogens (primary N) is 2. The summed E-state index contributed by atoms with van der Waals surface area (Å²) in [6, 6.07) is 15.2. The maximum Gasteiger partial charge on any atom is 0.243 e. The fourth-order valence-electron chi connectivity index (χ4n) is 4.43. The molecule has 2 aromatic carbocycles. The minimum absolute atomic E-state index is 0.0690. The highest BCUT2D eigenvalue weighted by Gasteiger charge is 2.31. The van der Waals surface area contributed by atoms with Crippen LogP contribution in [0.25, 0.3) is 0 Å². The van der Waals surface area contributed by atoms with Crippen molar-refractivity contribution in [1.29, 1.82) is 0 Å². The lowest BCUT2D eigenvalue weighted by molar-refractivity contribution is -0.134. The highest BCUT2D eigenvalue weighted by molar-refractivity contribution is 5.95. The molecule has 0 fully saturated rings. The molecule has 0 aliphatic carbocycles. The van der Waals surface area contributed by atoms with Crippen LogP contribution in [-0.2, 0) is 32.0 Å². The molecule has 0 aliphatic heterocycles. The molecular weight excluding hydrogens is 520 g/mol. The minimum Gasteiger partial charge on any atom is -0.355 e. The van der Waals surface area contributed by atoms with Crippen molar-refractivity contribution in [2.24, 2.45) is 17.4 Å². The summed E-state index contributed by atoms with van der Waals surface area (Å²) in [7, 11) is 0. The van der Waals surface area contributed by atoms with Gasteiger partial charge in [-0.15, -0.1) is 0 Å². The number of carbonyl (C=O) groups is 4. The Morgan fingerprint density at radius 2 is 1.22 bits per heavy atom. The molecule has 41 heavy (non-hydrogen) atoms. The van der Waals surface area contributed by atoms with Gasteiger partial charge in [0.05, 0.1) is 6.04 Å². The van der Waals surface area contributed by atoms with Gasteiger partial charge in [0.25, 0.3) is 0 Å². The van der Waals surface area contributed by atoms with Crippen molar-refractivity contribution in [1.82, 2.24) is 21.3 Å². The van der Waals surface area contributed by atoms with Crippen LogP contribution in [0, 0.1) is 5.92 Å². The standard InChI is InChI=1S/C31H46N6O4/c1-4-34-29(39)25(16-11-17-32)35-30(40)26(18-21(2)3)37-31(41)27(20-23-14-9-6-10-15-23)36-28(38)24(33)19-22-12-7-5-8-13-22/h5-10,12-15,21,24-27H,4,11,16-20,32-33H2,1-3H3,(H,34,39)(H,35,40)(H,36,38)(H,37,41)/t24-,25-,26-,27-/m1/s1. The number of amides is 4. The quantitative estimate of drug-likeness (QED) is 0.168. The number of likely N-dealkylation sites (N-methyl/N-ethyl adjacent to an activating group) is 1. The van der Waals surface area contributed by atoms with E-state index in [4.69, 9.17) is 11.5 Å². The second-order valence-corrected chi connectivity index (χ2v) is 10.6. The van der Waals surface area contributed by atoms with E-state index in [-0.39, 0.29) is 18.2 Å². The van der Waals surface area contributed by atoms with Gasteiger partial charge in [-0.3, -0.25) is 19.2 Å². The number of nitrogens with one attached hydrogen (secondary N) is 4. The van der Waals surface area contributed by atoms with Gasteiger partial charge in [-0.2, -0.15) is 0 Å². The summed E-state index contributed by atoms with van der Waals surface area (Å²) >= 11 is 0. The van der Waals surface area contributed by atoms with Gasteiger partial charge in [-0.05, 0) is 56.2 Å². The summed E-state index contributed by atoms with van der Waals surface area (Å²) in [5.41, 5.74) is 13.6. The van der Waals surface area contributed by atoms with Crippen LogP contribution in [0.1, 0.15) is 51.2 Å². The summed E-state index contributed by atoms with van der Waals surface area (Å²) in [4.78, 5) is 52.6. The van der Waals surface area contributed by atoms with Crippen LogP contribution >= 0.6 is 0 Å². The highest BCUT2D eigenvalue weighted by atomic mass is 16.2. The maximum absolute atomic E-state index is 13.6. The average Bonchev–Trinajstić information content (AvgIpc) is 2.95. The third kappa shape index (κ3) is 12.1. The molecule has 4 amide bonds. The first-order valence-corrected chi connectivity index (χ1v) is 14.4. The van der Waals surface area contributed by atoms with E-state index in [1.165, 1.54) is 0 Å². The van der Waals surface area contributed by atoms with E-state index < -0.39 is 41.9 Å². The lowest BCUT2D eigenvalue weighted by Gasteiger charge is -2.27. The maximum atomic E-state index is 13.6. The molecular formula is C31H46N6O4. The van der Waals surface area contributed by atoms with Crippen LogP contribution in [-0.4, -0.2) is 60.9 Å². The first-order chi connectivity index (χ1) is 19.6. The fraction of sp³-hybridized carbons (Fsp3) is 0.484. The van der Waals surface area contributed by atoms with Crippen molar-refractivity contribution in [3.63, 3.8) is 0 Å². The Morgan fingerprint density at radius 3 is 1.76 bits per heavy atom. The molecule has 10 nitrogen and oxygen atoms in total. The fourth-order valence-corrected chi connectivity index (χ4v) is 4.43. The van der Waals surface area contributed by atoms with Gasteiger partial charge >= 0.3 is 0 Å². The van der Waals surface area contributed by atoms with E-state index in [0.29, 0.717) is 38.8 Å². The van der Waals surface area contributed by atoms with E-state index >= 15 is 0 Å². The van der Waals surface area contributed by atoms with Crippen molar-refractivity contribution in [2.45, 2.75) is 77.0 Å². The van der Waals surface area contributed by atoms with Crippen LogP contribution in [0.5, 0.6) is 0 Å². The molecule has 0 aromatic heterocycles. The number of hydrogen-bond acceptors (Lipinski definition) is 6. The topological polar surface area (TPSA) is 168 Å². The van der Waals surface area contributed by atoms with Gasteiger partial charge in [0.2, 0.25) is 23.6 Å². The Hall–Kier alpha value is -3.76. The van der Waals surface area contributed by atoms with Gasteiger partial charge < -0.3 is 32.7 Å². The summed E-state index contributed by atoms with van der Waals surface area (Å²) in [6.07, 6.45) is 1.80. The molecule has 8 N–H and O–H groups in total. The molecule has 0 heterocycles. The van der Waals surface area contributed by atoms with Crippen molar-refractivity contribution in [3.8, 4) is 0 Å². The van der Waals surface area contributed by atoms with Gasteiger partial charge in [-0.1, -0.05) is 74.5 Å². The number of hydrogen-bond donors (Lipinski definition) is 6. The van der Waals surface area contributed by atoms with Gasteiger partial charge in [0, 0.05) is 13.0 Å². The Bertz CT molecular complexity index is 1100. The van der Waals surface area contributed by atoms with Crippen LogP contribution in [0.4, 0.5) is 0 Å². The van der Waals surface area contributed by atoms with Crippen molar-refractivity contribution in [2.75, 3.05) is 13.1 Å². The minimum atomic E-state index is -0.967. The Balaban J connectivity index is 2.21. The van der Waals surface area contributed by atoms with Crippen LogP contribution in [0.3, 0.4) is 0 Å². The smallest absolute Gasteiger partial charge is 0.243 e. The van der Waals surface area contributed by atoms with Crippen molar-refractivity contribution >= 4 is 23.6 Å². The predicted octanol–water partition coefficient (Wildman–Crippen LogP) is 1.17. The largest absolute Gasteiger partial charge is 0.355 e. The number of rotatable bonds is 17. The van der Waals surface area contributed by atoms with Gasteiger partial charge in [0.15, 0.2) is 0 Å². The molecule has 0 saturated carbocycles. The summed E-state index contributed by atoms with van der Waals surface area (Å²) in [5.74, 6) is -1.67. The Morgan fingerprint density at radius 1 is 0.707 bits per heavy atom. The van der Waals surface area contributed by atoms with Crippen molar-refractivity contribution < 1.29 is 19.2 Å². The van der Waals surface area contributed by atoms with E-state index in [0.717, 1.165) is 11.1 Å². The molecule has 224 valence electrons. The summed E-state index contributed by atoms with van der Waals surface area (Å²) in [6.45, 7) is 6.48. The second kappa shape index (κ2) is 17.8. The SMILES string of the molecule is CCNC(=O)[C@@H](CCCN)NC(=O)[C@@H](CC(C)C)NC(=O)[C@@H](Cc1ccccc1)NC(=O)[C@H](N)Cc1ccccc1. The predicted molar refractivity (Wildman–Crippen MR) is 160 cm³/mol. The zero-order valence-corrected chi connectivity index (χ0v) is 24.4. The zero-order valence-electron chi connectivity index (χ0n) is 24.4. The molecule has 0 aliphatic rings. The summed E-state index contributed by atoms with van der Waals surface area (Å²) < 4.78 is 0. The van der Waals surface area contributed by atoms with Crippen LogP contribution < -0.4 is 32.7 Å². The zero-order chi connectivity index (χ0) is 30.2. The molecule has 0 bridgehead atoms. The first-order valence-electron chi connectivity index (χ1n) is 14.4. The van der Waals surface area contributed by atoms with Gasteiger partial charge in [-0.25, -0.2) is 0 Å². The van der Waals surface area contributed by atoms with Crippen molar-refractivity contribution in [3.05, 3.63) is 71.8 Å². The third-order valence-electron chi connectivity index (χ3n) is 6.57. The number of benzene rings is 2. The second-order valence-electron chi connectivity index (χ2n) is 10.6. The molecule has 10 heteroatoms. The lowest BCUT2D eigenvalue weighted by Crippen LogP contribution is -2.58. The van der Waals surface area contributed by atoms with E-state index in [9.17, 15) is 19.2 Å². The first kappa shape index (κ1) is 33.4. The average molecular weight is 567 g/mol. The normalized spacial score (nSPS) is 13.9. The molecule has 0 spiro atoms. The molecule has 0 saturated heterocycles. The third-order valence-corrected chi connectivity index (χ3v) is 6.57. The van der Waals surface area contributed by atoms with E-state index in [1.807, 2.05) is 74.5 Å². The highest BCUT2D eigenvalue weighted by Crippen LogP contribution is 2.10. The Labute approximate surface area is 243 Å². The lowest BCUT2D eigenvalue weighted by atomic mass is 10.00. The molecule has 0 unspecified atom stereocenters.